The van der Waals surface area contributed by atoms with E-state index in [-0.39, 0.29) is 5.56 Å². The van der Waals surface area contributed by atoms with E-state index in [1.807, 2.05) is 30.3 Å². The van der Waals surface area contributed by atoms with E-state index >= 15 is 0 Å². The summed E-state index contributed by atoms with van der Waals surface area (Å²) in [7, 11) is 0. The summed E-state index contributed by atoms with van der Waals surface area (Å²) in [5.41, 5.74) is 3.10. The average molecular weight is 347 g/mol. The molecule has 0 unspecified atom stereocenters. The lowest BCUT2D eigenvalue weighted by atomic mass is 10.0. The standard InChI is InChI=1S/C22H25N3O/c26-22-19(14-18-8-4-5-9-21(18)24-22)15-23-20-10-12-25(13-11-20)16-17-6-2-1-3-7-17/h1-9,14,20,23H,10-13,15-16H2,(H,24,26). The number of piperidine rings is 1. The van der Waals surface area contributed by atoms with E-state index in [0.29, 0.717) is 12.6 Å². The van der Waals surface area contributed by atoms with Crippen molar-refractivity contribution in [3.63, 3.8) is 0 Å². The minimum atomic E-state index is 0.0118. The van der Waals surface area contributed by atoms with Gasteiger partial charge in [0.25, 0.3) is 5.56 Å². The summed E-state index contributed by atoms with van der Waals surface area (Å²) in [6.45, 7) is 3.85. The maximum Gasteiger partial charge on any atom is 0.252 e. The summed E-state index contributed by atoms with van der Waals surface area (Å²) in [6, 6.07) is 21.1. The van der Waals surface area contributed by atoms with Gasteiger partial charge >= 0.3 is 0 Å². The molecule has 1 aliphatic heterocycles. The summed E-state index contributed by atoms with van der Waals surface area (Å²) in [5.74, 6) is 0. The summed E-state index contributed by atoms with van der Waals surface area (Å²) in [4.78, 5) is 17.7. The van der Waals surface area contributed by atoms with Crippen molar-refractivity contribution in [3.8, 4) is 0 Å². The first-order valence-electron chi connectivity index (χ1n) is 9.38. The van der Waals surface area contributed by atoms with Crippen LogP contribution in [0, 0.1) is 0 Å². The highest BCUT2D eigenvalue weighted by molar-refractivity contribution is 5.78. The van der Waals surface area contributed by atoms with E-state index in [9.17, 15) is 4.79 Å². The van der Waals surface area contributed by atoms with Crippen LogP contribution < -0.4 is 10.9 Å². The van der Waals surface area contributed by atoms with E-state index in [2.05, 4.69) is 45.5 Å². The third-order valence-electron chi connectivity index (χ3n) is 5.25. The van der Waals surface area contributed by atoms with Crippen LogP contribution in [0.15, 0.2) is 65.5 Å². The lowest BCUT2D eigenvalue weighted by Crippen LogP contribution is -2.42. The predicted molar refractivity (Wildman–Crippen MR) is 106 cm³/mol. The highest BCUT2D eigenvalue weighted by Crippen LogP contribution is 2.15. The van der Waals surface area contributed by atoms with Crippen molar-refractivity contribution < 1.29 is 0 Å². The normalized spacial score (nSPS) is 16.2. The van der Waals surface area contributed by atoms with Gasteiger partial charge in [0.15, 0.2) is 0 Å². The summed E-state index contributed by atoms with van der Waals surface area (Å²) in [6.07, 6.45) is 2.25. The van der Waals surface area contributed by atoms with E-state index in [0.717, 1.165) is 48.9 Å². The van der Waals surface area contributed by atoms with Crippen LogP contribution in [0.4, 0.5) is 0 Å². The van der Waals surface area contributed by atoms with Crippen molar-refractivity contribution in [1.82, 2.24) is 15.2 Å². The maximum absolute atomic E-state index is 12.3. The van der Waals surface area contributed by atoms with Gasteiger partial charge in [0.2, 0.25) is 0 Å². The lowest BCUT2D eigenvalue weighted by molar-refractivity contribution is 0.190. The van der Waals surface area contributed by atoms with Crippen LogP contribution in [-0.4, -0.2) is 29.0 Å². The maximum atomic E-state index is 12.3. The second kappa shape index (κ2) is 7.85. The highest BCUT2D eigenvalue weighted by atomic mass is 16.1. The van der Waals surface area contributed by atoms with Crippen molar-refractivity contribution in [2.45, 2.75) is 32.0 Å². The molecule has 1 aliphatic rings. The van der Waals surface area contributed by atoms with Gasteiger partial charge in [-0.2, -0.15) is 0 Å². The fourth-order valence-corrected chi connectivity index (χ4v) is 3.71. The Labute approximate surface area is 153 Å². The molecule has 1 fully saturated rings. The zero-order valence-electron chi connectivity index (χ0n) is 14.9. The minimum absolute atomic E-state index is 0.0118. The molecular formula is C22H25N3O. The lowest BCUT2D eigenvalue weighted by Gasteiger charge is -2.32. The first-order valence-corrected chi connectivity index (χ1v) is 9.38. The molecule has 3 aromatic rings. The van der Waals surface area contributed by atoms with Crippen LogP contribution in [0.5, 0.6) is 0 Å². The zero-order valence-corrected chi connectivity index (χ0v) is 14.9. The molecule has 0 atom stereocenters. The Kier molecular flexibility index (Phi) is 5.14. The molecule has 2 heterocycles. The molecule has 4 rings (SSSR count). The van der Waals surface area contributed by atoms with Gasteiger partial charge in [-0.3, -0.25) is 9.69 Å². The highest BCUT2D eigenvalue weighted by Gasteiger charge is 2.19. The van der Waals surface area contributed by atoms with Crippen molar-refractivity contribution in [2.24, 2.45) is 0 Å². The molecular weight excluding hydrogens is 322 g/mol. The number of rotatable bonds is 5. The Morgan fingerprint density at radius 1 is 1.00 bits per heavy atom. The second-order valence-electron chi connectivity index (χ2n) is 7.13. The van der Waals surface area contributed by atoms with Gasteiger partial charge in [-0.25, -0.2) is 0 Å². The Balaban J connectivity index is 1.31. The zero-order chi connectivity index (χ0) is 17.8. The van der Waals surface area contributed by atoms with Crippen molar-refractivity contribution in [1.29, 1.82) is 0 Å². The fraction of sp³-hybridized carbons (Fsp3) is 0.318. The number of nitrogens with zero attached hydrogens (tertiary/aromatic N) is 1. The van der Waals surface area contributed by atoms with Gasteiger partial charge in [0.1, 0.15) is 0 Å². The van der Waals surface area contributed by atoms with Crippen LogP contribution in [0.2, 0.25) is 0 Å². The second-order valence-corrected chi connectivity index (χ2v) is 7.13. The van der Waals surface area contributed by atoms with Gasteiger partial charge in [0, 0.05) is 30.2 Å². The molecule has 0 radical (unpaired) electrons. The topological polar surface area (TPSA) is 48.1 Å². The van der Waals surface area contributed by atoms with E-state index in [1.165, 1.54) is 5.56 Å². The smallest absolute Gasteiger partial charge is 0.252 e. The molecule has 2 N–H and O–H groups in total. The third-order valence-corrected chi connectivity index (χ3v) is 5.25. The quantitative estimate of drug-likeness (QED) is 0.745. The first kappa shape index (κ1) is 17.0. The van der Waals surface area contributed by atoms with E-state index in [4.69, 9.17) is 0 Å². The van der Waals surface area contributed by atoms with Gasteiger partial charge in [-0.05, 0) is 49.0 Å². The van der Waals surface area contributed by atoms with E-state index < -0.39 is 0 Å². The molecule has 1 aromatic heterocycles. The minimum Gasteiger partial charge on any atom is -0.322 e. The van der Waals surface area contributed by atoms with Crippen LogP contribution >= 0.6 is 0 Å². The Morgan fingerprint density at radius 2 is 1.73 bits per heavy atom. The van der Waals surface area contributed by atoms with Crippen molar-refractivity contribution in [3.05, 3.63) is 82.1 Å². The average Bonchev–Trinajstić information content (AvgIpc) is 2.68. The summed E-state index contributed by atoms with van der Waals surface area (Å²) < 4.78 is 0. The molecule has 4 heteroatoms. The number of H-pyrrole nitrogens is 1. The number of nitrogens with one attached hydrogen (secondary N) is 2. The molecule has 2 aromatic carbocycles. The number of hydrogen-bond donors (Lipinski definition) is 2. The number of aromatic amines is 1. The first-order chi connectivity index (χ1) is 12.8. The Morgan fingerprint density at radius 3 is 2.54 bits per heavy atom. The number of hydrogen-bond acceptors (Lipinski definition) is 3. The number of pyridine rings is 1. The monoisotopic (exact) mass is 347 g/mol. The van der Waals surface area contributed by atoms with Crippen LogP contribution in [0.1, 0.15) is 24.0 Å². The molecule has 134 valence electrons. The van der Waals surface area contributed by atoms with E-state index in [1.54, 1.807) is 0 Å². The number of likely N-dealkylation sites (tertiary alicyclic amines) is 1. The molecule has 0 amide bonds. The molecule has 0 spiro atoms. The summed E-state index contributed by atoms with van der Waals surface area (Å²) in [5, 5.41) is 4.67. The van der Waals surface area contributed by atoms with Crippen LogP contribution in [0.25, 0.3) is 10.9 Å². The Bertz CT molecular complexity index is 911. The fourth-order valence-electron chi connectivity index (χ4n) is 3.71. The molecule has 0 bridgehead atoms. The van der Waals surface area contributed by atoms with Crippen LogP contribution in [-0.2, 0) is 13.1 Å². The van der Waals surface area contributed by atoms with Crippen molar-refractivity contribution >= 4 is 10.9 Å². The summed E-state index contributed by atoms with van der Waals surface area (Å²) >= 11 is 0. The van der Waals surface area contributed by atoms with Crippen LogP contribution in [0.3, 0.4) is 0 Å². The third kappa shape index (κ3) is 4.03. The largest absolute Gasteiger partial charge is 0.322 e. The number of para-hydroxylation sites is 1. The molecule has 1 saturated heterocycles. The number of aromatic nitrogens is 1. The Hall–Kier alpha value is -2.43. The molecule has 26 heavy (non-hydrogen) atoms. The van der Waals surface area contributed by atoms with Gasteiger partial charge in [0.05, 0.1) is 0 Å². The molecule has 0 saturated carbocycles. The molecule has 0 aliphatic carbocycles. The van der Waals surface area contributed by atoms with Gasteiger partial charge < -0.3 is 10.3 Å². The van der Waals surface area contributed by atoms with Crippen molar-refractivity contribution in [2.75, 3.05) is 13.1 Å². The number of benzene rings is 2. The predicted octanol–water partition coefficient (Wildman–Crippen LogP) is 3.28. The van der Waals surface area contributed by atoms with Gasteiger partial charge in [-0.15, -0.1) is 0 Å². The number of fused-ring (bicyclic) bond motifs is 1. The molecule has 4 nitrogen and oxygen atoms in total. The SMILES string of the molecule is O=c1[nH]c2ccccc2cc1CNC1CCN(Cc2ccccc2)CC1. The van der Waals surface area contributed by atoms with Gasteiger partial charge in [-0.1, -0.05) is 48.5 Å².